The molecule has 0 saturated heterocycles. The van der Waals surface area contributed by atoms with E-state index in [9.17, 15) is 9.59 Å². The Labute approximate surface area is 142 Å². The number of aromatic nitrogens is 2. The zero-order chi connectivity index (χ0) is 17.3. The van der Waals surface area contributed by atoms with Gasteiger partial charge in [-0.05, 0) is 30.3 Å². The Morgan fingerprint density at radius 1 is 1.25 bits per heavy atom. The second-order valence-corrected chi connectivity index (χ2v) is 5.53. The molecule has 1 heterocycles. The number of aryl methyl sites for hydroxylation is 1. The molecule has 0 aliphatic heterocycles. The van der Waals surface area contributed by atoms with E-state index in [0.717, 1.165) is 0 Å². The van der Waals surface area contributed by atoms with Crippen molar-refractivity contribution in [3.8, 4) is 5.75 Å². The van der Waals surface area contributed by atoms with Crippen molar-refractivity contribution in [1.29, 1.82) is 0 Å². The second kappa shape index (κ2) is 6.33. The quantitative estimate of drug-likeness (QED) is 0.793. The number of amides is 1. The number of hydrogen-bond donors (Lipinski definition) is 1. The van der Waals surface area contributed by atoms with Crippen molar-refractivity contribution in [1.82, 2.24) is 9.78 Å². The van der Waals surface area contributed by atoms with E-state index in [1.165, 1.54) is 11.8 Å². The van der Waals surface area contributed by atoms with Gasteiger partial charge in [0.2, 0.25) is 5.43 Å². The number of hydrogen-bond acceptors (Lipinski definition) is 4. The van der Waals surface area contributed by atoms with E-state index in [1.807, 2.05) is 6.07 Å². The minimum absolute atomic E-state index is 0.178. The molecule has 1 aromatic heterocycles. The molecule has 6 nitrogen and oxygen atoms in total. The Balaban J connectivity index is 1.99. The van der Waals surface area contributed by atoms with Crippen molar-refractivity contribution < 1.29 is 9.53 Å². The molecule has 0 radical (unpaired) electrons. The summed E-state index contributed by atoms with van der Waals surface area (Å²) in [4.78, 5) is 24.9. The Hall–Kier alpha value is -2.86. The van der Waals surface area contributed by atoms with E-state index in [0.29, 0.717) is 27.4 Å². The summed E-state index contributed by atoms with van der Waals surface area (Å²) in [5.41, 5.74) is 0.512. The van der Waals surface area contributed by atoms with E-state index in [-0.39, 0.29) is 5.69 Å². The molecule has 0 fully saturated rings. The molecule has 0 aliphatic rings. The lowest BCUT2D eigenvalue weighted by atomic mass is 10.2. The molecule has 0 atom stereocenters. The highest BCUT2D eigenvalue weighted by atomic mass is 35.5. The molecule has 0 spiro atoms. The van der Waals surface area contributed by atoms with Crippen molar-refractivity contribution in [2.24, 2.45) is 7.05 Å². The molecule has 0 unspecified atom stereocenters. The number of rotatable bonds is 3. The van der Waals surface area contributed by atoms with Crippen molar-refractivity contribution in [2.75, 3.05) is 12.4 Å². The summed E-state index contributed by atoms with van der Waals surface area (Å²) in [6, 6.07) is 11.8. The number of carbonyl (C=O) groups is 1. The lowest BCUT2D eigenvalue weighted by molar-refractivity contribution is 0.101. The van der Waals surface area contributed by atoms with Gasteiger partial charge in [-0.1, -0.05) is 23.7 Å². The van der Waals surface area contributed by atoms with Crippen LogP contribution in [0.15, 0.2) is 47.3 Å². The minimum atomic E-state index is -0.595. The maximum absolute atomic E-state index is 12.5. The molecule has 3 aromatic rings. The predicted molar refractivity (Wildman–Crippen MR) is 92.9 cm³/mol. The van der Waals surface area contributed by atoms with Crippen LogP contribution < -0.4 is 15.5 Å². The van der Waals surface area contributed by atoms with Crippen LogP contribution in [0.1, 0.15) is 10.5 Å². The van der Waals surface area contributed by atoms with Crippen LogP contribution in [0.3, 0.4) is 0 Å². The Bertz CT molecular complexity index is 998. The van der Waals surface area contributed by atoms with Crippen LogP contribution in [0.25, 0.3) is 10.9 Å². The highest BCUT2D eigenvalue weighted by Crippen LogP contribution is 2.27. The van der Waals surface area contributed by atoms with Gasteiger partial charge in [0.15, 0.2) is 5.69 Å². The van der Waals surface area contributed by atoms with Gasteiger partial charge in [-0.25, -0.2) is 0 Å². The molecular weight excluding hydrogens is 330 g/mol. The Kier molecular flexibility index (Phi) is 4.22. The third-order valence-corrected chi connectivity index (χ3v) is 3.88. The van der Waals surface area contributed by atoms with Crippen molar-refractivity contribution in [2.45, 2.75) is 0 Å². The van der Waals surface area contributed by atoms with Gasteiger partial charge in [0, 0.05) is 18.1 Å². The molecule has 1 amide bonds. The van der Waals surface area contributed by atoms with Crippen LogP contribution in [0, 0.1) is 0 Å². The first-order valence-electron chi connectivity index (χ1n) is 7.12. The zero-order valence-corrected chi connectivity index (χ0v) is 13.8. The molecule has 0 saturated carbocycles. The number of benzene rings is 2. The maximum Gasteiger partial charge on any atom is 0.280 e. The fraction of sp³-hybridized carbons (Fsp3) is 0.118. The van der Waals surface area contributed by atoms with E-state index in [2.05, 4.69) is 10.4 Å². The van der Waals surface area contributed by atoms with Gasteiger partial charge >= 0.3 is 0 Å². The van der Waals surface area contributed by atoms with Gasteiger partial charge in [-0.2, -0.15) is 5.10 Å². The van der Waals surface area contributed by atoms with Crippen LogP contribution in [0.4, 0.5) is 5.69 Å². The molecule has 122 valence electrons. The fourth-order valence-corrected chi connectivity index (χ4v) is 2.67. The maximum atomic E-state index is 12.5. The summed E-state index contributed by atoms with van der Waals surface area (Å²) >= 11 is 6.04. The first kappa shape index (κ1) is 16.0. The third kappa shape index (κ3) is 2.83. The number of anilines is 1. The highest BCUT2D eigenvalue weighted by Gasteiger charge is 2.17. The molecule has 2 aromatic carbocycles. The Morgan fingerprint density at radius 2 is 2.00 bits per heavy atom. The molecule has 7 heteroatoms. The molecule has 0 aliphatic carbocycles. The number of fused-ring (bicyclic) bond motifs is 1. The van der Waals surface area contributed by atoms with Crippen LogP contribution in [0.2, 0.25) is 5.02 Å². The summed E-state index contributed by atoms with van der Waals surface area (Å²) in [6.07, 6.45) is 0. The minimum Gasteiger partial charge on any atom is -0.495 e. The molecule has 3 rings (SSSR count). The SMILES string of the molecule is COc1ccc(NC(=O)c2nn(C)c3ccccc3c2=O)cc1Cl. The van der Waals surface area contributed by atoms with Gasteiger partial charge in [0.05, 0.1) is 17.6 Å². The third-order valence-electron chi connectivity index (χ3n) is 3.59. The molecule has 0 bridgehead atoms. The zero-order valence-electron chi connectivity index (χ0n) is 13.0. The first-order chi connectivity index (χ1) is 11.5. The molecular formula is C17H14ClN3O3. The first-order valence-corrected chi connectivity index (χ1v) is 7.50. The average molecular weight is 344 g/mol. The summed E-state index contributed by atoms with van der Waals surface area (Å²) in [7, 11) is 3.19. The summed E-state index contributed by atoms with van der Waals surface area (Å²) in [5.74, 6) is -0.100. The number of carbonyl (C=O) groups excluding carboxylic acids is 1. The normalized spacial score (nSPS) is 10.6. The number of ether oxygens (including phenoxy) is 1. The monoisotopic (exact) mass is 343 g/mol. The summed E-state index contributed by atoms with van der Waals surface area (Å²) < 4.78 is 6.57. The number of para-hydroxylation sites is 1. The van der Waals surface area contributed by atoms with E-state index < -0.39 is 11.3 Å². The van der Waals surface area contributed by atoms with E-state index in [1.54, 1.807) is 43.4 Å². The summed E-state index contributed by atoms with van der Waals surface area (Å²) in [6.45, 7) is 0. The lowest BCUT2D eigenvalue weighted by Gasteiger charge is -2.09. The van der Waals surface area contributed by atoms with Gasteiger partial charge < -0.3 is 10.1 Å². The smallest absolute Gasteiger partial charge is 0.280 e. The highest BCUT2D eigenvalue weighted by molar-refractivity contribution is 6.32. The predicted octanol–water partition coefficient (Wildman–Crippen LogP) is 2.85. The second-order valence-electron chi connectivity index (χ2n) is 5.12. The number of halogens is 1. The van der Waals surface area contributed by atoms with Crippen LogP contribution >= 0.6 is 11.6 Å². The average Bonchev–Trinajstić information content (AvgIpc) is 2.58. The van der Waals surface area contributed by atoms with E-state index >= 15 is 0 Å². The van der Waals surface area contributed by atoms with Crippen LogP contribution in [-0.2, 0) is 7.05 Å². The topological polar surface area (TPSA) is 73.2 Å². The van der Waals surface area contributed by atoms with Crippen LogP contribution in [0.5, 0.6) is 5.75 Å². The van der Waals surface area contributed by atoms with Crippen molar-refractivity contribution in [3.05, 3.63) is 63.4 Å². The lowest BCUT2D eigenvalue weighted by Crippen LogP contribution is -2.26. The summed E-state index contributed by atoms with van der Waals surface area (Å²) in [5, 5.41) is 7.51. The largest absolute Gasteiger partial charge is 0.495 e. The van der Waals surface area contributed by atoms with Crippen molar-refractivity contribution >= 4 is 34.1 Å². The number of nitrogens with zero attached hydrogens (tertiary/aromatic N) is 2. The Morgan fingerprint density at radius 3 is 2.71 bits per heavy atom. The van der Waals surface area contributed by atoms with Gasteiger partial charge in [-0.3, -0.25) is 14.3 Å². The van der Waals surface area contributed by atoms with E-state index in [4.69, 9.17) is 16.3 Å². The number of nitrogens with one attached hydrogen (secondary N) is 1. The molecule has 1 N–H and O–H groups in total. The molecule has 24 heavy (non-hydrogen) atoms. The fourth-order valence-electron chi connectivity index (χ4n) is 2.41. The number of methoxy groups -OCH3 is 1. The van der Waals surface area contributed by atoms with Gasteiger partial charge in [0.25, 0.3) is 5.91 Å². The van der Waals surface area contributed by atoms with Gasteiger partial charge in [0.1, 0.15) is 5.75 Å². The van der Waals surface area contributed by atoms with Crippen LogP contribution in [-0.4, -0.2) is 22.8 Å². The van der Waals surface area contributed by atoms with Crippen molar-refractivity contribution in [3.63, 3.8) is 0 Å². The standard InChI is InChI=1S/C17H14ClN3O3/c1-21-13-6-4-3-5-11(13)16(22)15(20-21)17(23)19-10-7-8-14(24-2)12(18)9-10/h3-9H,1-2H3,(H,19,23). The van der Waals surface area contributed by atoms with Gasteiger partial charge in [-0.15, -0.1) is 0 Å².